The van der Waals surface area contributed by atoms with Crippen molar-refractivity contribution in [2.24, 2.45) is 17.8 Å². The maximum absolute atomic E-state index is 11.9. The first kappa shape index (κ1) is 31.7. The van der Waals surface area contributed by atoms with Crippen molar-refractivity contribution in [1.29, 1.82) is 0 Å². The number of amides is 4. The van der Waals surface area contributed by atoms with Gasteiger partial charge in [-0.2, -0.15) is 0 Å². The summed E-state index contributed by atoms with van der Waals surface area (Å²) in [4.78, 5) is 47.5. The highest BCUT2D eigenvalue weighted by atomic mass is 16.6. The van der Waals surface area contributed by atoms with Crippen molar-refractivity contribution >= 4 is 23.8 Å². The molecule has 1 saturated carbocycles. The van der Waals surface area contributed by atoms with E-state index in [1.54, 1.807) is 0 Å². The molecule has 12 heteroatoms. The lowest BCUT2D eigenvalue weighted by Crippen LogP contribution is -2.35. The van der Waals surface area contributed by atoms with Gasteiger partial charge < -0.3 is 34.3 Å². The number of hydrogen-bond acceptors (Lipinski definition) is 9. The van der Waals surface area contributed by atoms with Gasteiger partial charge in [0.25, 0.3) is 11.8 Å². The fourth-order valence-corrected chi connectivity index (χ4v) is 4.87. The quantitative estimate of drug-likeness (QED) is 0.127. The number of alkyl carbamates (subject to hydrolysis) is 1. The fraction of sp³-hybridized carbons (Fsp3) is 0.714. The van der Waals surface area contributed by atoms with Crippen molar-refractivity contribution in [1.82, 2.24) is 15.5 Å². The first-order valence-electron chi connectivity index (χ1n) is 14.2. The van der Waals surface area contributed by atoms with Gasteiger partial charge in [-0.3, -0.25) is 19.3 Å². The summed E-state index contributed by atoms with van der Waals surface area (Å²) in [5, 5.41) is 5.40. The lowest BCUT2D eigenvalue weighted by molar-refractivity contribution is -0.137. The van der Waals surface area contributed by atoms with Gasteiger partial charge in [-0.15, -0.1) is 0 Å². The summed E-state index contributed by atoms with van der Waals surface area (Å²) in [6.07, 6.45) is 11.3. The summed E-state index contributed by atoms with van der Waals surface area (Å²) in [5.41, 5.74) is 0. The van der Waals surface area contributed by atoms with Crippen molar-refractivity contribution in [3.8, 4) is 0 Å². The highest BCUT2D eigenvalue weighted by Gasteiger charge is 2.49. The van der Waals surface area contributed by atoms with Gasteiger partial charge in [-0.1, -0.05) is 12.2 Å². The van der Waals surface area contributed by atoms with E-state index in [0.29, 0.717) is 90.3 Å². The molecule has 1 aliphatic heterocycles. The van der Waals surface area contributed by atoms with Crippen LogP contribution < -0.4 is 10.6 Å². The van der Waals surface area contributed by atoms with Crippen LogP contribution >= 0.6 is 0 Å². The lowest BCUT2D eigenvalue weighted by Gasteiger charge is -2.13. The molecule has 224 valence electrons. The average Bonchev–Trinajstić information content (AvgIpc) is 3.46. The van der Waals surface area contributed by atoms with Gasteiger partial charge in [-0.25, -0.2) is 4.79 Å². The Kier molecular flexibility index (Phi) is 14.7. The number of rotatable bonds is 20. The van der Waals surface area contributed by atoms with Crippen LogP contribution in [0.15, 0.2) is 24.3 Å². The molecular weight excluding hydrogens is 522 g/mol. The summed E-state index contributed by atoms with van der Waals surface area (Å²) in [6, 6.07) is 0. The zero-order valence-electron chi connectivity index (χ0n) is 23.2. The van der Waals surface area contributed by atoms with Crippen LogP contribution in [0.1, 0.15) is 32.1 Å². The first-order valence-corrected chi connectivity index (χ1v) is 14.2. The van der Waals surface area contributed by atoms with E-state index >= 15 is 0 Å². The Hall–Kier alpha value is -2.80. The molecular formula is C28H43N3O9. The summed E-state index contributed by atoms with van der Waals surface area (Å²) in [7, 11) is 0. The molecule has 3 rings (SSSR count). The average molecular weight is 566 g/mol. The third kappa shape index (κ3) is 12.2. The van der Waals surface area contributed by atoms with Gasteiger partial charge in [0.05, 0.1) is 59.5 Å². The third-order valence-electron chi connectivity index (χ3n) is 7.08. The van der Waals surface area contributed by atoms with E-state index in [9.17, 15) is 19.2 Å². The van der Waals surface area contributed by atoms with Crippen LogP contribution in [-0.2, 0) is 38.1 Å². The molecule has 0 bridgehead atoms. The molecule has 4 amide bonds. The summed E-state index contributed by atoms with van der Waals surface area (Å²) >= 11 is 0. The number of fused-ring (bicyclic) bond motifs is 1. The molecule has 40 heavy (non-hydrogen) atoms. The molecule has 0 spiro atoms. The number of ether oxygens (including phenoxy) is 5. The zero-order chi connectivity index (χ0) is 28.4. The van der Waals surface area contributed by atoms with Crippen LogP contribution in [0.4, 0.5) is 4.79 Å². The molecule has 0 saturated heterocycles. The highest BCUT2D eigenvalue weighted by Crippen LogP contribution is 2.52. The summed E-state index contributed by atoms with van der Waals surface area (Å²) < 4.78 is 27.1. The minimum atomic E-state index is -0.396. The Morgan fingerprint density at radius 2 is 1.25 bits per heavy atom. The van der Waals surface area contributed by atoms with Crippen molar-refractivity contribution in [3.05, 3.63) is 24.3 Å². The van der Waals surface area contributed by atoms with E-state index < -0.39 is 11.8 Å². The molecule has 0 aromatic heterocycles. The van der Waals surface area contributed by atoms with Crippen LogP contribution in [0.5, 0.6) is 0 Å². The lowest BCUT2D eigenvalue weighted by atomic mass is 10.1. The monoisotopic (exact) mass is 565 g/mol. The molecule has 0 aromatic carbocycles. The Morgan fingerprint density at radius 3 is 1.80 bits per heavy atom. The first-order chi connectivity index (χ1) is 19.6. The number of imide groups is 1. The predicted octanol–water partition coefficient (Wildman–Crippen LogP) is 1.20. The molecule has 3 atom stereocenters. The number of nitrogens with one attached hydrogen (secondary N) is 2. The summed E-state index contributed by atoms with van der Waals surface area (Å²) in [6.45, 7) is 4.52. The Morgan fingerprint density at radius 1 is 0.750 bits per heavy atom. The van der Waals surface area contributed by atoms with E-state index in [4.69, 9.17) is 23.7 Å². The second-order valence-electron chi connectivity index (χ2n) is 9.85. The molecule has 1 heterocycles. The minimum absolute atomic E-state index is 0.0539. The molecule has 0 radical (unpaired) electrons. The maximum atomic E-state index is 11.9. The van der Waals surface area contributed by atoms with Crippen LogP contribution in [0.25, 0.3) is 0 Å². The van der Waals surface area contributed by atoms with Gasteiger partial charge in [0.15, 0.2) is 0 Å². The number of nitrogens with zero attached hydrogens (tertiary/aromatic N) is 1. The summed E-state index contributed by atoms with van der Waals surface area (Å²) in [5.74, 6) is 0.905. The van der Waals surface area contributed by atoms with Gasteiger partial charge in [0.2, 0.25) is 5.91 Å². The fourth-order valence-electron chi connectivity index (χ4n) is 4.87. The Bertz CT molecular complexity index is 845. The maximum Gasteiger partial charge on any atom is 0.407 e. The normalized spacial score (nSPS) is 22.4. The van der Waals surface area contributed by atoms with Crippen molar-refractivity contribution < 1.29 is 42.9 Å². The largest absolute Gasteiger partial charge is 0.449 e. The minimum Gasteiger partial charge on any atom is -0.449 e. The molecule has 12 nitrogen and oxygen atoms in total. The van der Waals surface area contributed by atoms with E-state index in [0.717, 1.165) is 17.7 Å². The molecule has 0 aromatic rings. The van der Waals surface area contributed by atoms with Crippen LogP contribution in [0.3, 0.4) is 0 Å². The Balaban J connectivity index is 0.996. The number of carbonyl (C=O) groups is 4. The molecule has 0 unspecified atom stereocenters. The van der Waals surface area contributed by atoms with Crippen LogP contribution in [0, 0.1) is 17.8 Å². The molecule has 3 aliphatic rings. The van der Waals surface area contributed by atoms with Gasteiger partial charge >= 0.3 is 6.09 Å². The van der Waals surface area contributed by atoms with Crippen molar-refractivity contribution in [3.63, 3.8) is 0 Å². The zero-order valence-corrected chi connectivity index (χ0v) is 23.2. The molecule has 2 N–H and O–H groups in total. The number of allylic oxidation sites excluding steroid dienone is 2. The van der Waals surface area contributed by atoms with E-state index in [2.05, 4.69) is 22.8 Å². The molecule has 2 aliphatic carbocycles. The smallest absolute Gasteiger partial charge is 0.407 e. The third-order valence-corrected chi connectivity index (χ3v) is 7.08. The number of hydrogen-bond donors (Lipinski definition) is 2. The SMILES string of the molecule is O=C(CCN1C(=O)C=CC1=O)NCCOCCOCCOCCOCCNC(=O)OC[C@@H]1[C@@H]2CC/C=C\CC[C@@H]21. The van der Waals surface area contributed by atoms with Gasteiger partial charge in [0.1, 0.15) is 0 Å². The Labute approximate surface area is 235 Å². The van der Waals surface area contributed by atoms with E-state index in [1.807, 2.05) is 0 Å². The second kappa shape index (κ2) is 18.5. The van der Waals surface area contributed by atoms with Gasteiger partial charge in [0, 0.05) is 38.2 Å². The standard InChI is InChI=1S/C28H43N3O9/c32-25(9-12-31-26(33)7-8-27(31)34)29-10-13-36-15-17-38-19-20-39-18-16-37-14-11-30-28(35)40-21-24-22-5-3-1-2-4-6-23(22)24/h1-2,7-8,22-24H,3-6,9-21H2,(H,29,32)(H,30,35)/b2-1-/t22-,23+,24-. The highest BCUT2D eigenvalue weighted by molar-refractivity contribution is 6.13. The second-order valence-corrected chi connectivity index (χ2v) is 9.85. The van der Waals surface area contributed by atoms with Crippen LogP contribution in [0.2, 0.25) is 0 Å². The van der Waals surface area contributed by atoms with E-state index in [-0.39, 0.29) is 25.0 Å². The van der Waals surface area contributed by atoms with Crippen molar-refractivity contribution in [2.45, 2.75) is 32.1 Å². The molecule has 1 fully saturated rings. The topological polar surface area (TPSA) is 142 Å². The van der Waals surface area contributed by atoms with Gasteiger partial charge in [-0.05, 0) is 43.4 Å². The van der Waals surface area contributed by atoms with E-state index in [1.165, 1.54) is 25.0 Å². The van der Waals surface area contributed by atoms with Crippen molar-refractivity contribution in [2.75, 3.05) is 79.1 Å². The predicted molar refractivity (Wildman–Crippen MR) is 144 cm³/mol. The number of carbonyl (C=O) groups excluding carboxylic acids is 4. The van der Waals surface area contributed by atoms with Crippen LogP contribution in [-0.4, -0.2) is 108 Å².